The van der Waals surface area contributed by atoms with Gasteiger partial charge in [-0.2, -0.15) is 0 Å². The number of aromatic nitrogens is 3. The van der Waals surface area contributed by atoms with Gasteiger partial charge in [-0.3, -0.25) is 9.59 Å². The SMILES string of the molecule is COc1cc([C@H]2C3=CCn4c(=O)n(C)c(=O)n4[C@@H]3CC3=C2C(=O)C=C(C)C3=O)c(Br)c(Br)c1O. The van der Waals surface area contributed by atoms with E-state index in [0.29, 0.717) is 31.2 Å². The normalized spacial score (nSPS) is 21.6. The summed E-state index contributed by atoms with van der Waals surface area (Å²) < 4.78 is 9.91. The zero-order chi connectivity index (χ0) is 24.6. The van der Waals surface area contributed by atoms with E-state index in [0.717, 1.165) is 10.1 Å². The number of rotatable bonds is 2. The van der Waals surface area contributed by atoms with E-state index in [1.54, 1.807) is 13.0 Å². The molecule has 2 aliphatic carbocycles. The van der Waals surface area contributed by atoms with Crippen molar-refractivity contribution < 1.29 is 19.4 Å². The summed E-state index contributed by atoms with van der Waals surface area (Å²) in [6, 6.07) is 0.980. The van der Waals surface area contributed by atoms with Gasteiger partial charge in [-0.15, -0.1) is 0 Å². The standard InChI is InChI=1S/C23H19Br2N3O6/c1-9-6-14(29)17-12(20(9)30)7-13-10(4-5-27-22(32)26(2)23(33)28(13)27)16(17)11-8-15(34-3)21(31)19(25)18(11)24/h4,6,8,13,16,31H,5,7H2,1-3H3/t13-,16-/m1/s1. The second-order valence-electron chi connectivity index (χ2n) is 8.47. The molecule has 0 fully saturated rings. The molecular formula is C23H19Br2N3O6. The minimum atomic E-state index is -0.703. The average Bonchev–Trinajstić information content (AvgIpc) is 3.04. The molecule has 0 spiro atoms. The number of halogens is 2. The fourth-order valence-electron chi connectivity index (χ4n) is 5.10. The Morgan fingerprint density at radius 2 is 1.82 bits per heavy atom. The van der Waals surface area contributed by atoms with Crippen LogP contribution in [0, 0.1) is 0 Å². The van der Waals surface area contributed by atoms with Crippen LogP contribution < -0.4 is 16.1 Å². The smallest absolute Gasteiger partial charge is 0.347 e. The third-order valence-corrected chi connectivity index (χ3v) is 8.88. The van der Waals surface area contributed by atoms with Crippen LogP contribution in [0.25, 0.3) is 0 Å². The topological polar surface area (TPSA) is 113 Å². The lowest BCUT2D eigenvalue weighted by molar-refractivity contribution is -0.116. The molecule has 1 aliphatic heterocycles. The third-order valence-electron chi connectivity index (χ3n) is 6.73. The molecule has 34 heavy (non-hydrogen) atoms. The van der Waals surface area contributed by atoms with E-state index in [9.17, 15) is 24.3 Å². The summed E-state index contributed by atoms with van der Waals surface area (Å²) >= 11 is 6.89. The molecule has 5 rings (SSSR count). The number of carbonyl (C=O) groups is 2. The Labute approximate surface area is 209 Å². The highest BCUT2D eigenvalue weighted by atomic mass is 79.9. The largest absolute Gasteiger partial charge is 0.503 e. The molecule has 0 amide bonds. The summed E-state index contributed by atoms with van der Waals surface area (Å²) in [7, 11) is 2.82. The van der Waals surface area contributed by atoms with E-state index in [1.807, 2.05) is 6.08 Å². The number of methoxy groups -OCH3 is 1. The molecule has 3 aliphatic rings. The lowest BCUT2D eigenvalue weighted by Crippen LogP contribution is -2.40. The lowest BCUT2D eigenvalue weighted by Gasteiger charge is -2.40. The van der Waals surface area contributed by atoms with Crippen LogP contribution in [0.3, 0.4) is 0 Å². The number of hydrogen-bond donors (Lipinski definition) is 1. The van der Waals surface area contributed by atoms with E-state index in [4.69, 9.17) is 4.74 Å². The predicted molar refractivity (Wildman–Crippen MR) is 129 cm³/mol. The fourth-order valence-corrected chi connectivity index (χ4v) is 6.05. The number of nitrogens with zero attached hydrogens (tertiary/aromatic N) is 3. The minimum absolute atomic E-state index is 0.116. The molecule has 176 valence electrons. The Kier molecular flexibility index (Phi) is 5.25. The van der Waals surface area contributed by atoms with Crippen LogP contribution in [0.2, 0.25) is 0 Å². The number of benzene rings is 1. The number of aromatic hydroxyl groups is 1. The molecular weight excluding hydrogens is 574 g/mol. The van der Waals surface area contributed by atoms with Gasteiger partial charge in [0.05, 0.1) is 24.2 Å². The number of ether oxygens (including phenoxy) is 1. The van der Waals surface area contributed by atoms with E-state index >= 15 is 0 Å². The number of Topliss-reactive ketones (excluding diaryl/α,β-unsaturated/α-hetero) is 1. The van der Waals surface area contributed by atoms with Gasteiger partial charge in [0.1, 0.15) is 0 Å². The number of phenols is 1. The maximum Gasteiger partial charge on any atom is 0.347 e. The van der Waals surface area contributed by atoms with Crippen LogP contribution in [-0.2, 0) is 23.2 Å². The molecule has 0 unspecified atom stereocenters. The van der Waals surface area contributed by atoms with Crippen molar-refractivity contribution in [2.75, 3.05) is 7.11 Å². The van der Waals surface area contributed by atoms with Crippen LogP contribution in [0.15, 0.2) is 59.0 Å². The highest BCUT2D eigenvalue weighted by Crippen LogP contribution is 2.53. The molecule has 1 aromatic heterocycles. The third kappa shape index (κ3) is 2.96. The maximum atomic E-state index is 13.3. The summed E-state index contributed by atoms with van der Waals surface area (Å²) in [6.07, 6.45) is 3.29. The van der Waals surface area contributed by atoms with Crippen LogP contribution in [0.4, 0.5) is 0 Å². The van der Waals surface area contributed by atoms with Crippen molar-refractivity contribution in [2.24, 2.45) is 7.05 Å². The van der Waals surface area contributed by atoms with Crippen LogP contribution in [-0.4, -0.2) is 37.7 Å². The van der Waals surface area contributed by atoms with Crippen LogP contribution in [0.1, 0.15) is 30.9 Å². The van der Waals surface area contributed by atoms with Gasteiger partial charge >= 0.3 is 11.4 Å². The van der Waals surface area contributed by atoms with Gasteiger partial charge in [0.15, 0.2) is 23.1 Å². The first-order valence-corrected chi connectivity index (χ1v) is 12.0. The van der Waals surface area contributed by atoms with Gasteiger partial charge < -0.3 is 9.84 Å². The molecule has 2 aromatic rings. The van der Waals surface area contributed by atoms with Crippen molar-refractivity contribution >= 4 is 43.4 Å². The summed E-state index contributed by atoms with van der Waals surface area (Å²) in [5, 5.41) is 10.4. The first kappa shape index (κ1) is 22.9. The number of ketones is 2. The molecule has 11 heteroatoms. The van der Waals surface area contributed by atoms with Gasteiger partial charge in [0, 0.05) is 40.6 Å². The number of fused-ring (bicyclic) bond motifs is 3. The monoisotopic (exact) mass is 591 g/mol. The average molecular weight is 593 g/mol. The number of phenolic OH excluding ortho intramolecular Hbond substituents is 1. The summed E-state index contributed by atoms with van der Waals surface area (Å²) in [5.41, 5.74) is 1.34. The Morgan fingerprint density at radius 1 is 1.12 bits per heavy atom. The Morgan fingerprint density at radius 3 is 2.50 bits per heavy atom. The van der Waals surface area contributed by atoms with Crippen LogP contribution in [0.5, 0.6) is 11.5 Å². The number of carbonyl (C=O) groups excluding carboxylic acids is 2. The molecule has 0 saturated heterocycles. The minimum Gasteiger partial charge on any atom is -0.503 e. The first-order chi connectivity index (χ1) is 16.1. The zero-order valence-corrected chi connectivity index (χ0v) is 21.6. The molecule has 0 bridgehead atoms. The quantitative estimate of drug-likeness (QED) is 0.424. The van der Waals surface area contributed by atoms with Gasteiger partial charge in [-0.25, -0.2) is 23.5 Å². The molecule has 2 heterocycles. The Bertz CT molecular complexity index is 1530. The molecule has 0 radical (unpaired) electrons. The Balaban J connectivity index is 1.84. The van der Waals surface area contributed by atoms with Crippen molar-refractivity contribution in [1.82, 2.24) is 13.9 Å². The van der Waals surface area contributed by atoms with Crippen LogP contribution >= 0.6 is 31.9 Å². The van der Waals surface area contributed by atoms with Gasteiger partial charge in [0.25, 0.3) is 0 Å². The van der Waals surface area contributed by atoms with Gasteiger partial charge in [0.2, 0.25) is 0 Å². The Hall–Kier alpha value is -2.92. The van der Waals surface area contributed by atoms with Crippen molar-refractivity contribution in [3.8, 4) is 11.5 Å². The van der Waals surface area contributed by atoms with E-state index in [-0.39, 0.29) is 36.0 Å². The number of hydrogen-bond acceptors (Lipinski definition) is 6. The van der Waals surface area contributed by atoms with E-state index < -0.39 is 23.3 Å². The molecule has 9 nitrogen and oxygen atoms in total. The van der Waals surface area contributed by atoms with Crippen molar-refractivity contribution in [2.45, 2.75) is 31.8 Å². The zero-order valence-electron chi connectivity index (χ0n) is 18.4. The van der Waals surface area contributed by atoms with E-state index in [2.05, 4.69) is 31.9 Å². The highest BCUT2D eigenvalue weighted by Gasteiger charge is 2.45. The maximum absolute atomic E-state index is 13.3. The molecule has 1 N–H and O–H groups in total. The summed E-state index contributed by atoms with van der Waals surface area (Å²) in [5.74, 6) is -1.18. The van der Waals surface area contributed by atoms with Crippen molar-refractivity contribution in [3.05, 3.63) is 76.0 Å². The summed E-state index contributed by atoms with van der Waals surface area (Å²) in [6.45, 7) is 1.73. The molecule has 0 saturated carbocycles. The highest BCUT2D eigenvalue weighted by molar-refractivity contribution is 9.13. The molecule has 1 aromatic carbocycles. The van der Waals surface area contributed by atoms with Gasteiger partial charge in [-0.05, 0) is 62.1 Å². The lowest BCUT2D eigenvalue weighted by atomic mass is 9.68. The number of allylic oxidation sites excluding steroid dienone is 6. The summed E-state index contributed by atoms with van der Waals surface area (Å²) in [4.78, 5) is 52.1. The first-order valence-electron chi connectivity index (χ1n) is 10.4. The second-order valence-corrected chi connectivity index (χ2v) is 10.1. The van der Waals surface area contributed by atoms with Crippen molar-refractivity contribution in [3.63, 3.8) is 0 Å². The van der Waals surface area contributed by atoms with E-state index in [1.165, 1.54) is 29.6 Å². The second kappa shape index (κ2) is 7.81. The predicted octanol–water partition coefficient (Wildman–Crippen LogP) is 2.65. The fraction of sp³-hybridized carbons (Fsp3) is 0.304. The van der Waals surface area contributed by atoms with Gasteiger partial charge in [-0.1, -0.05) is 6.08 Å². The van der Waals surface area contributed by atoms with Crippen molar-refractivity contribution in [1.29, 1.82) is 0 Å². The molecule has 2 atom stereocenters.